The van der Waals surface area contributed by atoms with Crippen molar-refractivity contribution in [3.05, 3.63) is 0 Å². The maximum atomic E-state index is 10.3. The maximum Gasteiger partial charge on any atom is 0.149 e. The Morgan fingerprint density at radius 1 is 1.55 bits per heavy atom. The first-order valence-corrected chi connectivity index (χ1v) is 3.91. The molecule has 2 atom stereocenters. The van der Waals surface area contributed by atoms with Crippen LogP contribution in [0.3, 0.4) is 0 Å². The Morgan fingerprint density at radius 2 is 1.82 bits per heavy atom. The van der Waals surface area contributed by atoms with Crippen molar-refractivity contribution in [3.8, 4) is 0 Å². The Balaban J connectivity index is 0. The van der Waals surface area contributed by atoms with Crippen molar-refractivity contribution in [2.24, 2.45) is 5.73 Å². The SMILES string of the molecule is CC(=O)[C@@H](N)[C@@H](C)O.CCC. The fourth-order valence-electron chi connectivity index (χ4n) is 0.340. The molecule has 0 radical (unpaired) electrons. The quantitative estimate of drug-likeness (QED) is 0.626. The largest absolute Gasteiger partial charge is 0.391 e. The molecule has 0 spiro atoms. The summed E-state index contributed by atoms with van der Waals surface area (Å²) in [6.45, 7) is 7.10. The molecule has 3 N–H and O–H groups in total. The number of carbonyl (C=O) groups is 1. The van der Waals surface area contributed by atoms with Gasteiger partial charge in [-0.05, 0) is 13.8 Å². The molecule has 0 fully saturated rings. The van der Waals surface area contributed by atoms with Crippen LogP contribution in [0.2, 0.25) is 0 Å². The monoisotopic (exact) mass is 161 g/mol. The zero-order valence-electron chi connectivity index (χ0n) is 7.79. The first-order valence-electron chi connectivity index (χ1n) is 3.91. The highest BCUT2D eigenvalue weighted by Crippen LogP contribution is 1.87. The van der Waals surface area contributed by atoms with Crippen molar-refractivity contribution in [3.63, 3.8) is 0 Å². The lowest BCUT2D eigenvalue weighted by atomic mass is 10.1. The molecule has 0 aromatic heterocycles. The molecule has 0 aliphatic carbocycles. The van der Waals surface area contributed by atoms with Crippen LogP contribution >= 0.6 is 0 Å². The number of nitrogens with two attached hydrogens (primary N) is 1. The topological polar surface area (TPSA) is 63.3 Å². The van der Waals surface area contributed by atoms with Crippen LogP contribution in [0.4, 0.5) is 0 Å². The summed E-state index contributed by atoms with van der Waals surface area (Å²) in [6.07, 6.45) is 0.521. The molecule has 11 heavy (non-hydrogen) atoms. The molecular formula is C8H19NO2. The van der Waals surface area contributed by atoms with Crippen molar-refractivity contribution < 1.29 is 9.90 Å². The van der Waals surface area contributed by atoms with Crippen LogP contribution in [-0.4, -0.2) is 23.0 Å². The fraction of sp³-hybridized carbons (Fsp3) is 0.875. The number of hydrogen-bond donors (Lipinski definition) is 2. The van der Waals surface area contributed by atoms with Crippen LogP contribution in [0.1, 0.15) is 34.1 Å². The number of rotatable bonds is 2. The lowest BCUT2D eigenvalue weighted by Gasteiger charge is -2.08. The summed E-state index contributed by atoms with van der Waals surface area (Å²) in [5.41, 5.74) is 5.16. The molecule has 0 aromatic rings. The van der Waals surface area contributed by atoms with Gasteiger partial charge in [0.05, 0.1) is 12.1 Å². The summed E-state index contributed by atoms with van der Waals surface area (Å²) in [4.78, 5) is 10.3. The number of carbonyl (C=O) groups excluding carboxylic acids is 1. The number of hydrogen-bond acceptors (Lipinski definition) is 3. The van der Waals surface area contributed by atoms with Gasteiger partial charge in [0.15, 0.2) is 0 Å². The van der Waals surface area contributed by atoms with E-state index in [1.807, 2.05) is 0 Å². The number of aliphatic hydroxyl groups excluding tert-OH is 1. The average molecular weight is 161 g/mol. The molecule has 68 valence electrons. The summed E-state index contributed by atoms with van der Waals surface area (Å²) in [5, 5.41) is 8.65. The van der Waals surface area contributed by atoms with Gasteiger partial charge in [-0.3, -0.25) is 4.79 Å². The maximum absolute atomic E-state index is 10.3. The van der Waals surface area contributed by atoms with Crippen LogP contribution < -0.4 is 5.73 Å². The van der Waals surface area contributed by atoms with E-state index in [-0.39, 0.29) is 5.78 Å². The van der Waals surface area contributed by atoms with Gasteiger partial charge in [-0.25, -0.2) is 0 Å². The summed E-state index contributed by atoms with van der Waals surface area (Å²) in [7, 11) is 0. The van der Waals surface area contributed by atoms with Gasteiger partial charge in [0.2, 0.25) is 0 Å². The Bertz CT molecular complexity index is 102. The van der Waals surface area contributed by atoms with Gasteiger partial charge in [-0.2, -0.15) is 0 Å². The molecule has 0 unspecified atom stereocenters. The van der Waals surface area contributed by atoms with Crippen molar-refractivity contribution >= 4 is 5.78 Å². The third-order valence-electron chi connectivity index (χ3n) is 0.989. The third-order valence-corrected chi connectivity index (χ3v) is 0.989. The van der Waals surface area contributed by atoms with Crippen molar-refractivity contribution in [1.29, 1.82) is 0 Å². The minimum atomic E-state index is -0.729. The van der Waals surface area contributed by atoms with Crippen LogP contribution in [-0.2, 0) is 4.79 Å². The molecule has 3 nitrogen and oxygen atoms in total. The highest BCUT2D eigenvalue weighted by molar-refractivity contribution is 5.81. The van der Waals surface area contributed by atoms with Gasteiger partial charge < -0.3 is 10.8 Å². The number of ketones is 1. The van der Waals surface area contributed by atoms with Gasteiger partial charge in [0.1, 0.15) is 5.78 Å². The molecule has 3 heteroatoms. The van der Waals surface area contributed by atoms with Gasteiger partial charge in [-0.15, -0.1) is 0 Å². The lowest BCUT2D eigenvalue weighted by Crippen LogP contribution is -2.38. The van der Waals surface area contributed by atoms with Gasteiger partial charge >= 0.3 is 0 Å². The summed E-state index contributed by atoms with van der Waals surface area (Å²) >= 11 is 0. The second-order valence-electron chi connectivity index (χ2n) is 2.58. The summed E-state index contributed by atoms with van der Waals surface area (Å²) in [6, 6.07) is -0.713. The fourth-order valence-corrected chi connectivity index (χ4v) is 0.340. The molecule has 0 heterocycles. The Hall–Kier alpha value is -0.410. The predicted octanol–water partition coefficient (Wildman–Crippen LogP) is 0.700. The number of Topliss-reactive ketones (excluding diaryl/α,β-unsaturated/α-hetero) is 1. The van der Waals surface area contributed by atoms with Crippen LogP contribution in [0.5, 0.6) is 0 Å². The smallest absolute Gasteiger partial charge is 0.149 e. The molecule has 0 saturated heterocycles. The molecule has 0 aliphatic rings. The molecular weight excluding hydrogens is 142 g/mol. The second-order valence-corrected chi connectivity index (χ2v) is 2.58. The normalized spacial score (nSPS) is 14.4. The first kappa shape index (κ1) is 13.2. The average Bonchev–Trinajstić information content (AvgIpc) is 1.87. The molecule has 0 aromatic carbocycles. The first-order chi connectivity index (χ1) is 4.97. The van der Waals surface area contributed by atoms with Crippen molar-refractivity contribution in [2.45, 2.75) is 46.3 Å². The number of aliphatic hydroxyl groups is 1. The van der Waals surface area contributed by atoms with E-state index in [4.69, 9.17) is 10.8 Å². The third kappa shape index (κ3) is 9.59. The van der Waals surface area contributed by atoms with E-state index in [0.717, 1.165) is 0 Å². The van der Waals surface area contributed by atoms with E-state index in [9.17, 15) is 4.79 Å². The van der Waals surface area contributed by atoms with Gasteiger partial charge in [0, 0.05) is 0 Å². The minimum absolute atomic E-state index is 0.181. The highest BCUT2D eigenvalue weighted by atomic mass is 16.3. The summed E-state index contributed by atoms with van der Waals surface area (Å²) < 4.78 is 0. The van der Waals surface area contributed by atoms with E-state index < -0.39 is 12.1 Å². The van der Waals surface area contributed by atoms with Crippen LogP contribution in [0.15, 0.2) is 0 Å². The highest BCUT2D eigenvalue weighted by Gasteiger charge is 2.12. The molecule has 0 rings (SSSR count). The Morgan fingerprint density at radius 3 is 1.82 bits per heavy atom. The Kier molecular flexibility index (Phi) is 9.23. The van der Waals surface area contributed by atoms with Gasteiger partial charge in [-0.1, -0.05) is 20.3 Å². The lowest BCUT2D eigenvalue weighted by molar-refractivity contribution is -0.120. The van der Waals surface area contributed by atoms with E-state index in [1.165, 1.54) is 20.3 Å². The van der Waals surface area contributed by atoms with Crippen molar-refractivity contribution in [2.75, 3.05) is 0 Å². The van der Waals surface area contributed by atoms with Crippen molar-refractivity contribution in [1.82, 2.24) is 0 Å². The van der Waals surface area contributed by atoms with E-state index >= 15 is 0 Å². The minimum Gasteiger partial charge on any atom is -0.391 e. The molecule has 0 bridgehead atoms. The summed E-state index contributed by atoms with van der Waals surface area (Å²) in [5.74, 6) is -0.181. The molecule has 0 aliphatic heterocycles. The van der Waals surface area contributed by atoms with Crippen LogP contribution in [0, 0.1) is 0 Å². The second kappa shape index (κ2) is 7.69. The molecule has 0 amide bonds. The zero-order valence-corrected chi connectivity index (χ0v) is 7.79. The predicted molar refractivity (Wildman–Crippen MR) is 46.3 cm³/mol. The van der Waals surface area contributed by atoms with Gasteiger partial charge in [0.25, 0.3) is 0 Å². The standard InChI is InChI=1S/C5H11NO2.C3H8/c1-3(7)5(6)4(2)8;1-3-2/h3,5,7H,6H2,1-2H3;3H2,1-2H3/t3-,5+;/m1./s1. The van der Waals surface area contributed by atoms with E-state index in [0.29, 0.717) is 0 Å². The molecule has 0 saturated carbocycles. The Labute approximate surface area is 68.6 Å². The van der Waals surface area contributed by atoms with E-state index in [2.05, 4.69) is 13.8 Å². The zero-order chi connectivity index (χ0) is 9.44. The van der Waals surface area contributed by atoms with E-state index in [1.54, 1.807) is 0 Å². The van der Waals surface area contributed by atoms with Crippen LogP contribution in [0.25, 0.3) is 0 Å².